The van der Waals surface area contributed by atoms with Crippen LogP contribution in [0, 0.1) is 13.8 Å². The van der Waals surface area contributed by atoms with Gasteiger partial charge in [-0.05, 0) is 60.1 Å². The molecule has 0 atom stereocenters. The molecule has 0 N–H and O–H groups in total. The molecule has 0 spiro atoms. The van der Waals surface area contributed by atoms with E-state index in [1.54, 1.807) is 24.4 Å². The Hall–Kier alpha value is -3.52. The molecule has 0 amide bonds. The van der Waals surface area contributed by atoms with E-state index >= 15 is 0 Å². The molecule has 4 rings (SSSR count). The Balaban J connectivity index is 1.47. The van der Waals surface area contributed by atoms with Gasteiger partial charge in [0.2, 0.25) is 0 Å². The number of hydrogen-bond donors (Lipinski definition) is 0. The lowest BCUT2D eigenvalue weighted by Gasteiger charge is -2.05. The minimum absolute atomic E-state index is 0.0911. The maximum absolute atomic E-state index is 12.2. The standard InChI is InChI=1S/C23H19BrN4O3/c1-15-20(16(2)28(26-15)19-6-4-3-5-7-19)9-11-23(30)31-14-18-12-22(29)27-13-17(24)8-10-21(27)25-18/h3-13H,14H2,1-2H3. The van der Waals surface area contributed by atoms with Gasteiger partial charge in [0, 0.05) is 34.1 Å². The van der Waals surface area contributed by atoms with Gasteiger partial charge in [-0.25, -0.2) is 14.5 Å². The molecule has 3 aromatic heterocycles. The summed E-state index contributed by atoms with van der Waals surface area (Å²) in [7, 11) is 0. The summed E-state index contributed by atoms with van der Waals surface area (Å²) in [5, 5.41) is 4.56. The van der Waals surface area contributed by atoms with Gasteiger partial charge >= 0.3 is 5.97 Å². The molecule has 0 aliphatic carbocycles. The van der Waals surface area contributed by atoms with Crippen molar-refractivity contribution in [1.29, 1.82) is 0 Å². The highest BCUT2D eigenvalue weighted by Gasteiger charge is 2.11. The predicted molar refractivity (Wildman–Crippen MR) is 121 cm³/mol. The van der Waals surface area contributed by atoms with E-state index in [0.29, 0.717) is 11.3 Å². The number of aromatic nitrogens is 4. The number of para-hydroxylation sites is 1. The second-order valence-electron chi connectivity index (χ2n) is 6.93. The summed E-state index contributed by atoms with van der Waals surface area (Å²) < 4.78 is 9.31. The van der Waals surface area contributed by atoms with Gasteiger partial charge < -0.3 is 4.74 Å². The number of hydrogen-bond acceptors (Lipinski definition) is 5. The second-order valence-corrected chi connectivity index (χ2v) is 7.85. The van der Waals surface area contributed by atoms with Crippen molar-refractivity contribution >= 4 is 33.6 Å². The summed E-state index contributed by atoms with van der Waals surface area (Å²) in [5.41, 5.74) is 4.16. The fourth-order valence-corrected chi connectivity index (χ4v) is 3.60. The van der Waals surface area contributed by atoms with Crippen LogP contribution >= 0.6 is 15.9 Å². The molecule has 0 saturated carbocycles. The van der Waals surface area contributed by atoms with Crippen molar-refractivity contribution in [2.75, 3.05) is 0 Å². The number of pyridine rings is 1. The molecule has 8 heteroatoms. The lowest BCUT2D eigenvalue weighted by Crippen LogP contribution is -2.16. The Bertz CT molecular complexity index is 1360. The van der Waals surface area contributed by atoms with Crippen LogP contribution < -0.4 is 5.56 Å². The number of carbonyl (C=O) groups excluding carboxylic acids is 1. The van der Waals surface area contributed by atoms with E-state index in [1.807, 2.05) is 48.9 Å². The van der Waals surface area contributed by atoms with Crippen LogP contribution in [0.15, 0.2) is 70.1 Å². The van der Waals surface area contributed by atoms with Crippen molar-refractivity contribution in [3.8, 4) is 5.69 Å². The van der Waals surface area contributed by atoms with E-state index in [4.69, 9.17) is 4.74 Å². The minimum atomic E-state index is -0.524. The van der Waals surface area contributed by atoms with Gasteiger partial charge in [-0.15, -0.1) is 0 Å². The highest BCUT2D eigenvalue weighted by atomic mass is 79.9. The van der Waals surface area contributed by atoms with E-state index < -0.39 is 5.97 Å². The van der Waals surface area contributed by atoms with Crippen molar-refractivity contribution in [3.05, 3.63) is 98.3 Å². The lowest BCUT2D eigenvalue weighted by molar-refractivity contribution is -0.139. The van der Waals surface area contributed by atoms with Crippen LogP contribution in [-0.4, -0.2) is 25.1 Å². The van der Waals surface area contributed by atoms with Crippen LogP contribution in [0.2, 0.25) is 0 Å². The van der Waals surface area contributed by atoms with E-state index in [0.717, 1.165) is 27.1 Å². The number of carbonyl (C=O) groups is 1. The van der Waals surface area contributed by atoms with Gasteiger partial charge in [0.05, 0.1) is 17.1 Å². The van der Waals surface area contributed by atoms with E-state index in [2.05, 4.69) is 26.0 Å². The number of aryl methyl sites for hydroxylation is 1. The molecule has 0 aliphatic heterocycles. The van der Waals surface area contributed by atoms with Crippen LogP contribution in [0.25, 0.3) is 17.4 Å². The molecule has 31 heavy (non-hydrogen) atoms. The average molecular weight is 479 g/mol. The molecule has 1 aromatic carbocycles. The van der Waals surface area contributed by atoms with E-state index in [9.17, 15) is 9.59 Å². The summed E-state index contributed by atoms with van der Waals surface area (Å²) in [5.74, 6) is -0.524. The maximum atomic E-state index is 12.2. The van der Waals surface area contributed by atoms with Gasteiger partial charge in [0.25, 0.3) is 5.56 Å². The molecule has 0 bridgehead atoms. The highest BCUT2D eigenvalue weighted by molar-refractivity contribution is 9.10. The van der Waals surface area contributed by atoms with Crippen LogP contribution in [0.1, 0.15) is 22.6 Å². The normalized spacial score (nSPS) is 11.3. The number of halogens is 1. The number of esters is 1. The summed E-state index contributed by atoms with van der Waals surface area (Å²) in [4.78, 5) is 28.8. The molecule has 0 radical (unpaired) electrons. The largest absolute Gasteiger partial charge is 0.456 e. The Labute approximate surface area is 186 Å². The Morgan fingerprint density at radius 3 is 2.71 bits per heavy atom. The summed E-state index contributed by atoms with van der Waals surface area (Å²) in [6.07, 6.45) is 4.69. The fourth-order valence-electron chi connectivity index (χ4n) is 3.26. The number of rotatable bonds is 5. The number of benzene rings is 1. The van der Waals surface area contributed by atoms with Gasteiger partial charge in [0.1, 0.15) is 12.3 Å². The Morgan fingerprint density at radius 1 is 1.16 bits per heavy atom. The smallest absolute Gasteiger partial charge is 0.331 e. The quantitative estimate of drug-likeness (QED) is 0.319. The Kier molecular flexibility index (Phi) is 5.81. The number of fused-ring (bicyclic) bond motifs is 1. The van der Waals surface area contributed by atoms with Crippen molar-refractivity contribution in [2.45, 2.75) is 20.5 Å². The molecule has 156 valence electrons. The first-order valence-corrected chi connectivity index (χ1v) is 10.4. The first-order chi connectivity index (χ1) is 14.9. The molecule has 4 aromatic rings. The van der Waals surface area contributed by atoms with Crippen LogP contribution in [0.4, 0.5) is 0 Å². The summed E-state index contributed by atoms with van der Waals surface area (Å²) in [6, 6.07) is 14.7. The minimum Gasteiger partial charge on any atom is -0.456 e. The lowest BCUT2D eigenvalue weighted by atomic mass is 10.2. The molecule has 3 heterocycles. The second kappa shape index (κ2) is 8.69. The van der Waals surface area contributed by atoms with Crippen LogP contribution in [-0.2, 0) is 16.1 Å². The third-order valence-electron chi connectivity index (χ3n) is 4.77. The average Bonchev–Trinajstić information content (AvgIpc) is 3.05. The number of ether oxygens (including phenoxy) is 1. The van der Waals surface area contributed by atoms with Crippen LogP contribution in [0.3, 0.4) is 0 Å². The zero-order valence-corrected chi connectivity index (χ0v) is 18.5. The maximum Gasteiger partial charge on any atom is 0.331 e. The number of nitrogens with zero attached hydrogens (tertiary/aromatic N) is 4. The van der Waals surface area contributed by atoms with Crippen LogP contribution in [0.5, 0.6) is 0 Å². The third kappa shape index (κ3) is 4.49. The zero-order valence-electron chi connectivity index (χ0n) is 16.9. The first-order valence-electron chi connectivity index (χ1n) is 9.57. The SMILES string of the molecule is Cc1nn(-c2ccccc2)c(C)c1C=CC(=O)OCc1cc(=O)n2cc(Br)ccc2n1. The predicted octanol–water partition coefficient (Wildman–Crippen LogP) is 4.02. The molecular weight excluding hydrogens is 460 g/mol. The molecule has 0 fully saturated rings. The monoisotopic (exact) mass is 478 g/mol. The van der Waals surface area contributed by atoms with E-state index in [1.165, 1.54) is 16.5 Å². The molecule has 7 nitrogen and oxygen atoms in total. The van der Waals surface area contributed by atoms with Crippen molar-refractivity contribution in [1.82, 2.24) is 19.2 Å². The van der Waals surface area contributed by atoms with Gasteiger partial charge in [-0.2, -0.15) is 5.10 Å². The fraction of sp³-hybridized carbons (Fsp3) is 0.130. The van der Waals surface area contributed by atoms with Crippen molar-refractivity contribution < 1.29 is 9.53 Å². The van der Waals surface area contributed by atoms with Gasteiger partial charge in [0.15, 0.2) is 0 Å². The first kappa shape index (κ1) is 20.7. The Morgan fingerprint density at radius 2 is 1.94 bits per heavy atom. The molecule has 0 unspecified atom stereocenters. The summed E-state index contributed by atoms with van der Waals surface area (Å²) in [6.45, 7) is 3.75. The molecule has 0 saturated heterocycles. The topological polar surface area (TPSA) is 78.5 Å². The zero-order chi connectivity index (χ0) is 22.0. The van der Waals surface area contributed by atoms with Crippen molar-refractivity contribution in [3.63, 3.8) is 0 Å². The summed E-state index contributed by atoms with van der Waals surface area (Å²) >= 11 is 3.33. The van der Waals surface area contributed by atoms with Crippen molar-refractivity contribution in [2.24, 2.45) is 0 Å². The third-order valence-corrected chi connectivity index (χ3v) is 5.24. The molecule has 0 aliphatic rings. The molecular formula is C23H19BrN4O3. The van der Waals surface area contributed by atoms with Gasteiger partial charge in [-0.1, -0.05) is 18.2 Å². The highest BCUT2D eigenvalue weighted by Crippen LogP contribution is 2.19. The van der Waals surface area contributed by atoms with E-state index in [-0.39, 0.29) is 12.2 Å². The van der Waals surface area contributed by atoms with Gasteiger partial charge in [-0.3, -0.25) is 9.20 Å².